The Morgan fingerprint density at radius 3 is 1.23 bits per heavy atom. The van der Waals surface area contributed by atoms with Gasteiger partial charge in [-0.2, -0.15) is 0 Å². The van der Waals surface area contributed by atoms with Crippen LogP contribution in [0.5, 0.6) is 0 Å². The van der Waals surface area contributed by atoms with Crippen LogP contribution in [0.3, 0.4) is 0 Å². The lowest BCUT2D eigenvalue weighted by Crippen LogP contribution is -2.55. The highest BCUT2D eigenvalue weighted by Gasteiger charge is 2.56. The zero-order chi connectivity index (χ0) is 15.7. The van der Waals surface area contributed by atoms with E-state index in [1.165, 1.54) is 0 Å². The topological polar surface area (TPSA) is 86.2 Å². The third-order valence-corrected chi connectivity index (χ3v) is 4.57. The minimum absolute atomic E-state index is 0.112. The van der Waals surface area contributed by atoms with Gasteiger partial charge in [-0.1, -0.05) is 60.7 Å². The van der Waals surface area contributed by atoms with Crippen molar-refractivity contribution >= 4 is 11.8 Å². The van der Waals surface area contributed by atoms with Crippen LogP contribution in [0.4, 0.5) is 0 Å². The fraction of sp³-hybridized carbons (Fsp3) is 0.222. The number of primary amides is 2. The Morgan fingerprint density at radius 1 is 0.636 bits per heavy atom. The van der Waals surface area contributed by atoms with Crippen LogP contribution in [0.1, 0.15) is 23.0 Å². The van der Waals surface area contributed by atoms with Crippen molar-refractivity contribution in [3.63, 3.8) is 0 Å². The first-order chi connectivity index (χ1) is 10.6. The van der Waals surface area contributed by atoms with Gasteiger partial charge in [0.25, 0.3) is 0 Å². The zero-order valence-corrected chi connectivity index (χ0v) is 12.1. The number of hydrogen-bond acceptors (Lipinski definition) is 2. The number of amides is 2. The monoisotopic (exact) mass is 294 g/mol. The zero-order valence-electron chi connectivity index (χ0n) is 12.1. The molecule has 112 valence electrons. The van der Waals surface area contributed by atoms with Crippen molar-refractivity contribution in [1.82, 2.24) is 0 Å². The lowest BCUT2D eigenvalue weighted by molar-refractivity contribution is -0.140. The van der Waals surface area contributed by atoms with Crippen LogP contribution in [-0.4, -0.2) is 11.8 Å². The summed E-state index contributed by atoms with van der Waals surface area (Å²) in [4.78, 5) is 23.7. The van der Waals surface area contributed by atoms with Crippen LogP contribution < -0.4 is 11.5 Å². The highest BCUT2D eigenvalue weighted by Crippen LogP contribution is 2.57. The van der Waals surface area contributed by atoms with Gasteiger partial charge in [-0.05, 0) is 11.1 Å². The first-order valence-corrected chi connectivity index (χ1v) is 7.29. The summed E-state index contributed by atoms with van der Waals surface area (Å²) in [6.07, 6.45) is 0. The summed E-state index contributed by atoms with van der Waals surface area (Å²) in [6, 6.07) is 19.4. The van der Waals surface area contributed by atoms with E-state index >= 15 is 0 Å². The largest absolute Gasteiger partial charge is 0.369 e. The third-order valence-electron chi connectivity index (χ3n) is 4.57. The second-order valence-corrected chi connectivity index (χ2v) is 5.73. The maximum Gasteiger partial charge on any atom is 0.222 e. The molecule has 0 aromatic heterocycles. The molecule has 1 aliphatic carbocycles. The van der Waals surface area contributed by atoms with Crippen LogP contribution in [0.2, 0.25) is 0 Å². The molecule has 2 amide bonds. The highest BCUT2D eigenvalue weighted by molar-refractivity contribution is 5.90. The molecule has 0 saturated heterocycles. The number of rotatable bonds is 4. The molecule has 4 nitrogen and oxygen atoms in total. The molecule has 0 aliphatic heterocycles. The predicted octanol–water partition coefficient (Wildman–Crippen LogP) is 1.77. The minimum atomic E-state index is -0.551. The number of carbonyl (C=O) groups is 2. The number of carbonyl (C=O) groups excluding carboxylic acids is 2. The maximum atomic E-state index is 11.9. The van der Waals surface area contributed by atoms with Crippen molar-refractivity contribution < 1.29 is 9.59 Å². The smallest absolute Gasteiger partial charge is 0.222 e. The van der Waals surface area contributed by atoms with Gasteiger partial charge >= 0.3 is 0 Å². The fourth-order valence-corrected chi connectivity index (χ4v) is 3.64. The van der Waals surface area contributed by atoms with Crippen LogP contribution in [0.25, 0.3) is 0 Å². The Balaban J connectivity index is 2.07. The van der Waals surface area contributed by atoms with Crippen molar-refractivity contribution in [2.75, 3.05) is 0 Å². The molecule has 0 heterocycles. The lowest BCUT2D eigenvalue weighted by atomic mass is 9.52. The standard InChI is InChI=1S/C18H18N2O2/c19-17(21)15-13(11-7-3-1-4-8-11)14(16(15)18(20)22)12-9-5-2-6-10-12/h1-10,13-16H,(H2,19,21)(H2,20,22). The minimum Gasteiger partial charge on any atom is -0.369 e. The van der Waals surface area contributed by atoms with Gasteiger partial charge in [0.1, 0.15) is 0 Å². The Labute approximate surface area is 129 Å². The molecule has 2 aromatic rings. The average molecular weight is 294 g/mol. The summed E-state index contributed by atoms with van der Waals surface area (Å²) >= 11 is 0. The molecule has 1 saturated carbocycles. The van der Waals surface area contributed by atoms with E-state index < -0.39 is 23.7 Å². The van der Waals surface area contributed by atoms with Crippen LogP contribution in [0.15, 0.2) is 60.7 Å². The number of benzene rings is 2. The molecule has 4 N–H and O–H groups in total. The Hall–Kier alpha value is -2.62. The molecule has 1 fully saturated rings. The summed E-state index contributed by atoms with van der Waals surface area (Å²) in [7, 11) is 0. The first-order valence-electron chi connectivity index (χ1n) is 7.29. The summed E-state index contributed by atoms with van der Waals surface area (Å²) in [6.45, 7) is 0. The lowest BCUT2D eigenvalue weighted by Gasteiger charge is -2.49. The van der Waals surface area contributed by atoms with Gasteiger partial charge in [-0.25, -0.2) is 0 Å². The van der Waals surface area contributed by atoms with Crippen LogP contribution in [0, 0.1) is 11.8 Å². The fourth-order valence-electron chi connectivity index (χ4n) is 3.64. The summed E-state index contributed by atoms with van der Waals surface area (Å²) in [5.74, 6) is -2.26. The van der Waals surface area contributed by atoms with E-state index in [0.717, 1.165) is 11.1 Å². The van der Waals surface area contributed by atoms with Crippen molar-refractivity contribution in [2.45, 2.75) is 11.8 Å². The van der Waals surface area contributed by atoms with Gasteiger partial charge in [-0.3, -0.25) is 9.59 Å². The predicted molar refractivity (Wildman–Crippen MR) is 83.7 cm³/mol. The molecule has 4 atom stereocenters. The van der Waals surface area contributed by atoms with E-state index in [-0.39, 0.29) is 11.8 Å². The Kier molecular flexibility index (Phi) is 3.67. The normalized spacial score (nSPS) is 26.9. The molecule has 0 spiro atoms. The Bertz CT molecular complexity index is 623. The molecule has 22 heavy (non-hydrogen) atoms. The number of nitrogens with two attached hydrogens (primary N) is 2. The SMILES string of the molecule is NC(=O)C1C(C(N)=O)C(c2ccccc2)C1c1ccccc1. The van der Waals surface area contributed by atoms with Crippen molar-refractivity contribution in [1.29, 1.82) is 0 Å². The molecular weight excluding hydrogens is 276 g/mol. The second kappa shape index (κ2) is 5.64. The first kappa shape index (κ1) is 14.3. The van der Waals surface area contributed by atoms with E-state index in [1.54, 1.807) is 0 Å². The van der Waals surface area contributed by atoms with E-state index in [9.17, 15) is 9.59 Å². The van der Waals surface area contributed by atoms with Crippen molar-refractivity contribution in [2.24, 2.45) is 23.3 Å². The van der Waals surface area contributed by atoms with Gasteiger partial charge < -0.3 is 11.5 Å². The molecule has 4 unspecified atom stereocenters. The number of hydrogen-bond donors (Lipinski definition) is 2. The molecule has 2 aromatic carbocycles. The van der Waals surface area contributed by atoms with E-state index in [2.05, 4.69) is 0 Å². The average Bonchev–Trinajstić information content (AvgIpc) is 2.47. The van der Waals surface area contributed by atoms with Gasteiger partial charge in [0, 0.05) is 11.8 Å². The Morgan fingerprint density at radius 2 is 0.955 bits per heavy atom. The molecule has 0 radical (unpaired) electrons. The van der Waals surface area contributed by atoms with Crippen LogP contribution in [-0.2, 0) is 9.59 Å². The second-order valence-electron chi connectivity index (χ2n) is 5.73. The molecule has 0 bridgehead atoms. The van der Waals surface area contributed by atoms with E-state index in [1.807, 2.05) is 60.7 Å². The van der Waals surface area contributed by atoms with Gasteiger partial charge in [0.15, 0.2) is 0 Å². The van der Waals surface area contributed by atoms with Gasteiger partial charge in [0.2, 0.25) is 11.8 Å². The molecule has 1 aliphatic rings. The van der Waals surface area contributed by atoms with E-state index in [4.69, 9.17) is 11.5 Å². The third kappa shape index (κ3) is 2.26. The quantitative estimate of drug-likeness (QED) is 0.900. The van der Waals surface area contributed by atoms with Crippen molar-refractivity contribution in [3.8, 4) is 0 Å². The highest BCUT2D eigenvalue weighted by atomic mass is 16.2. The maximum absolute atomic E-state index is 11.9. The van der Waals surface area contributed by atoms with Crippen LogP contribution >= 0.6 is 0 Å². The summed E-state index contributed by atoms with van der Waals surface area (Å²) < 4.78 is 0. The molecule has 3 rings (SSSR count). The van der Waals surface area contributed by atoms with Gasteiger partial charge in [-0.15, -0.1) is 0 Å². The summed E-state index contributed by atoms with van der Waals surface area (Å²) in [5.41, 5.74) is 13.1. The van der Waals surface area contributed by atoms with Crippen molar-refractivity contribution in [3.05, 3.63) is 71.8 Å². The van der Waals surface area contributed by atoms with E-state index in [0.29, 0.717) is 0 Å². The summed E-state index contributed by atoms with van der Waals surface area (Å²) in [5, 5.41) is 0. The molecule has 4 heteroatoms. The van der Waals surface area contributed by atoms with Gasteiger partial charge in [0.05, 0.1) is 11.8 Å². The molecular formula is C18H18N2O2.